The average molecular weight is 318 g/mol. The van der Waals surface area contributed by atoms with Crippen LogP contribution in [0.5, 0.6) is 0 Å². The van der Waals surface area contributed by atoms with Crippen molar-refractivity contribution in [3.05, 3.63) is 23.8 Å². The molecule has 1 aromatic rings. The zero-order valence-corrected chi connectivity index (χ0v) is 10.6. The van der Waals surface area contributed by atoms with Gasteiger partial charge in [-0.3, -0.25) is 9.59 Å². The van der Waals surface area contributed by atoms with Crippen LogP contribution >= 0.6 is 22.6 Å². The van der Waals surface area contributed by atoms with E-state index < -0.39 is 0 Å². The van der Waals surface area contributed by atoms with Gasteiger partial charge in [0.2, 0.25) is 5.91 Å². The van der Waals surface area contributed by atoms with E-state index in [1.165, 1.54) is 6.92 Å². The molecule has 0 fully saturated rings. The molecular weight excluding hydrogens is 307 g/mol. The lowest BCUT2D eigenvalue weighted by Crippen LogP contribution is -2.09. The van der Waals surface area contributed by atoms with Crippen LogP contribution in [-0.2, 0) is 4.79 Å². The molecule has 2 amide bonds. The summed E-state index contributed by atoms with van der Waals surface area (Å²) in [6.07, 6.45) is 0. The van der Waals surface area contributed by atoms with Crippen molar-refractivity contribution in [2.24, 2.45) is 0 Å². The molecular formula is C10H11IN2O2. The molecule has 0 bridgehead atoms. The molecule has 0 radical (unpaired) electrons. The molecule has 2 N–H and O–H groups in total. The van der Waals surface area contributed by atoms with Crippen LogP contribution in [-0.4, -0.2) is 9.82 Å². The molecule has 4 nitrogen and oxygen atoms in total. The van der Waals surface area contributed by atoms with Gasteiger partial charge in [0.25, 0.3) is 3.91 Å². The standard InChI is InChI=1S/C10H11IN2O2/c1-6-8(12-7(2)14)4-3-5-9(6)13-10(11)15/h3-5H,1-2H3,(H,12,14)(H,13,15). The van der Waals surface area contributed by atoms with E-state index in [1.807, 2.05) is 6.92 Å². The second-order valence-electron chi connectivity index (χ2n) is 3.06. The van der Waals surface area contributed by atoms with E-state index in [-0.39, 0.29) is 9.82 Å². The first-order chi connectivity index (χ1) is 7.00. The molecule has 5 heteroatoms. The molecule has 0 aliphatic rings. The highest BCUT2D eigenvalue weighted by Gasteiger charge is 2.06. The SMILES string of the molecule is CC(=O)Nc1cccc(NC(=O)I)c1C. The molecule has 0 saturated carbocycles. The van der Waals surface area contributed by atoms with Crippen LogP contribution in [0.1, 0.15) is 12.5 Å². The average Bonchev–Trinajstić information content (AvgIpc) is 2.10. The molecule has 0 atom stereocenters. The molecule has 80 valence electrons. The van der Waals surface area contributed by atoms with E-state index in [2.05, 4.69) is 10.6 Å². The van der Waals surface area contributed by atoms with E-state index in [9.17, 15) is 9.59 Å². The molecule has 0 aromatic heterocycles. The Morgan fingerprint density at radius 2 is 1.73 bits per heavy atom. The van der Waals surface area contributed by atoms with Crippen LogP contribution in [0.4, 0.5) is 16.2 Å². The topological polar surface area (TPSA) is 58.2 Å². The molecule has 0 saturated heterocycles. The molecule has 15 heavy (non-hydrogen) atoms. The Labute approximate surface area is 102 Å². The molecule has 1 aromatic carbocycles. The van der Waals surface area contributed by atoms with Gasteiger partial charge in [-0.2, -0.15) is 0 Å². The maximum atomic E-state index is 10.9. The summed E-state index contributed by atoms with van der Waals surface area (Å²) in [6, 6.07) is 5.36. The maximum Gasteiger partial charge on any atom is 0.284 e. The van der Waals surface area contributed by atoms with Crippen molar-refractivity contribution in [1.82, 2.24) is 0 Å². The summed E-state index contributed by atoms with van der Waals surface area (Å²) < 4.78 is -0.157. The van der Waals surface area contributed by atoms with Gasteiger partial charge in [-0.15, -0.1) is 0 Å². The Morgan fingerprint density at radius 3 is 2.20 bits per heavy atom. The van der Waals surface area contributed by atoms with Crippen molar-refractivity contribution < 1.29 is 9.59 Å². The van der Waals surface area contributed by atoms with Crippen molar-refractivity contribution in [2.75, 3.05) is 10.6 Å². The van der Waals surface area contributed by atoms with Crippen molar-refractivity contribution >= 4 is 43.8 Å². The van der Waals surface area contributed by atoms with Crippen molar-refractivity contribution in [3.8, 4) is 0 Å². The fourth-order valence-corrected chi connectivity index (χ4v) is 1.49. The number of nitrogens with one attached hydrogen (secondary N) is 2. The summed E-state index contributed by atoms with van der Waals surface area (Å²) in [6.45, 7) is 3.29. The number of rotatable bonds is 2. The predicted octanol–water partition coefficient (Wildman–Crippen LogP) is 2.92. The minimum atomic E-state index is -0.157. The zero-order valence-electron chi connectivity index (χ0n) is 8.43. The zero-order chi connectivity index (χ0) is 11.4. The van der Waals surface area contributed by atoms with Crippen LogP contribution in [0.15, 0.2) is 18.2 Å². The second-order valence-corrected chi connectivity index (χ2v) is 4.04. The summed E-state index contributed by atoms with van der Waals surface area (Å²) in [5.41, 5.74) is 2.27. The highest BCUT2D eigenvalue weighted by atomic mass is 127. The van der Waals surface area contributed by atoms with E-state index in [1.54, 1.807) is 40.8 Å². The number of carbonyl (C=O) groups excluding carboxylic acids is 2. The molecule has 0 aliphatic carbocycles. The summed E-state index contributed by atoms with van der Waals surface area (Å²) >= 11 is 1.66. The Kier molecular flexibility index (Phi) is 4.07. The number of hydrogen-bond donors (Lipinski definition) is 2. The third-order valence-electron chi connectivity index (χ3n) is 1.88. The van der Waals surface area contributed by atoms with Crippen molar-refractivity contribution in [1.29, 1.82) is 0 Å². The fraction of sp³-hybridized carbons (Fsp3) is 0.200. The lowest BCUT2D eigenvalue weighted by Gasteiger charge is -2.10. The normalized spacial score (nSPS) is 9.53. The van der Waals surface area contributed by atoms with Crippen molar-refractivity contribution in [3.63, 3.8) is 0 Å². The third kappa shape index (κ3) is 3.50. The minimum absolute atomic E-state index is 0.129. The number of hydrogen-bond acceptors (Lipinski definition) is 2. The summed E-state index contributed by atoms with van der Waals surface area (Å²) in [5, 5.41) is 5.38. The lowest BCUT2D eigenvalue weighted by molar-refractivity contribution is -0.114. The van der Waals surface area contributed by atoms with Gasteiger partial charge in [-0.1, -0.05) is 6.07 Å². The smallest absolute Gasteiger partial charge is 0.284 e. The number of amides is 2. The Balaban J connectivity index is 2.99. The first kappa shape index (κ1) is 12.0. The predicted molar refractivity (Wildman–Crippen MR) is 68.5 cm³/mol. The highest BCUT2D eigenvalue weighted by molar-refractivity contribution is 14.1. The van der Waals surface area contributed by atoms with Gasteiger partial charge in [0, 0.05) is 40.9 Å². The molecule has 0 aliphatic heterocycles. The number of halogens is 1. The Bertz CT molecular complexity index is 370. The largest absolute Gasteiger partial charge is 0.326 e. The summed E-state index contributed by atoms with van der Waals surface area (Å²) in [4.78, 5) is 21.8. The van der Waals surface area contributed by atoms with E-state index in [4.69, 9.17) is 0 Å². The minimum Gasteiger partial charge on any atom is -0.326 e. The van der Waals surface area contributed by atoms with Crippen LogP contribution in [0, 0.1) is 6.92 Å². The summed E-state index contributed by atoms with van der Waals surface area (Å²) in [7, 11) is 0. The molecule has 0 spiro atoms. The Hall–Kier alpha value is -1.11. The van der Waals surface area contributed by atoms with Gasteiger partial charge in [-0.25, -0.2) is 0 Å². The van der Waals surface area contributed by atoms with Gasteiger partial charge in [0.15, 0.2) is 0 Å². The first-order valence-electron chi connectivity index (χ1n) is 4.34. The van der Waals surface area contributed by atoms with Gasteiger partial charge >= 0.3 is 0 Å². The van der Waals surface area contributed by atoms with Crippen LogP contribution < -0.4 is 10.6 Å². The Morgan fingerprint density at radius 1 is 1.20 bits per heavy atom. The summed E-state index contributed by atoms with van der Waals surface area (Å²) in [5.74, 6) is -0.129. The van der Waals surface area contributed by atoms with E-state index in [0.717, 1.165) is 5.56 Å². The van der Waals surface area contributed by atoms with Crippen molar-refractivity contribution in [2.45, 2.75) is 13.8 Å². The van der Waals surface area contributed by atoms with Gasteiger partial charge < -0.3 is 10.6 Å². The van der Waals surface area contributed by atoms with Gasteiger partial charge in [0.1, 0.15) is 0 Å². The number of benzene rings is 1. The van der Waals surface area contributed by atoms with Gasteiger partial charge in [-0.05, 0) is 24.6 Å². The molecule has 1 rings (SSSR count). The lowest BCUT2D eigenvalue weighted by atomic mass is 10.1. The van der Waals surface area contributed by atoms with Crippen LogP contribution in [0.3, 0.4) is 0 Å². The monoisotopic (exact) mass is 318 g/mol. The highest BCUT2D eigenvalue weighted by Crippen LogP contribution is 2.23. The van der Waals surface area contributed by atoms with Gasteiger partial charge in [0.05, 0.1) is 0 Å². The van der Waals surface area contributed by atoms with Crippen LogP contribution in [0.2, 0.25) is 0 Å². The van der Waals surface area contributed by atoms with E-state index >= 15 is 0 Å². The first-order valence-corrected chi connectivity index (χ1v) is 5.42. The number of carbonyl (C=O) groups is 2. The second kappa shape index (κ2) is 5.11. The van der Waals surface area contributed by atoms with E-state index in [0.29, 0.717) is 11.4 Å². The quantitative estimate of drug-likeness (QED) is 0.500. The third-order valence-corrected chi connectivity index (χ3v) is 2.15. The maximum absolute atomic E-state index is 10.9. The molecule has 0 unspecified atom stereocenters. The van der Waals surface area contributed by atoms with Crippen LogP contribution in [0.25, 0.3) is 0 Å². The molecule has 0 heterocycles. The number of anilines is 2. The fourth-order valence-electron chi connectivity index (χ4n) is 1.20.